The van der Waals surface area contributed by atoms with Crippen molar-refractivity contribution >= 4 is 23.5 Å². The normalized spacial score (nSPS) is 17.2. The lowest BCUT2D eigenvalue weighted by Crippen LogP contribution is -2.54. The second kappa shape index (κ2) is 9.53. The molecule has 1 aliphatic heterocycles. The van der Waals surface area contributed by atoms with Crippen molar-refractivity contribution in [3.05, 3.63) is 69.7 Å². The van der Waals surface area contributed by atoms with E-state index in [0.717, 1.165) is 17.7 Å². The molecule has 1 N–H and O–H groups in total. The summed E-state index contributed by atoms with van der Waals surface area (Å²) in [5.74, 6) is -2.51. The quantitative estimate of drug-likeness (QED) is 0.752. The Hall–Kier alpha value is -2.51. The number of carboxylic acids is 1. The van der Waals surface area contributed by atoms with Crippen LogP contribution in [0.15, 0.2) is 36.4 Å². The van der Waals surface area contributed by atoms with E-state index in [1.165, 1.54) is 6.07 Å². The lowest BCUT2D eigenvalue weighted by atomic mass is 10.0. The Morgan fingerprint density at radius 1 is 1.07 bits per heavy atom. The van der Waals surface area contributed by atoms with Crippen LogP contribution in [0.1, 0.15) is 23.6 Å². The maximum absolute atomic E-state index is 13.9. The number of carbonyl (C=O) groups excluding carboxylic acids is 1. The standard InChI is InChI=1S/C22H23ClF2N2O3/c1-14-12-26(13-17-8-18(23)4-2-15(17)10-22(29)30)6-7-27(14)21(28)9-16-3-5-19(24)11-20(16)25/h2-5,8,11,14H,6-7,9-10,12-13H2,1H3,(H,29,30)/t14-/m0/s1. The molecule has 5 nitrogen and oxygen atoms in total. The number of benzene rings is 2. The second-order valence-corrected chi connectivity index (χ2v) is 8.00. The van der Waals surface area contributed by atoms with E-state index in [4.69, 9.17) is 16.7 Å². The van der Waals surface area contributed by atoms with Gasteiger partial charge in [-0.25, -0.2) is 8.78 Å². The number of amides is 1. The third-order valence-corrected chi connectivity index (χ3v) is 5.53. The summed E-state index contributed by atoms with van der Waals surface area (Å²) < 4.78 is 26.9. The van der Waals surface area contributed by atoms with Gasteiger partial charge in [0.05, 0.1) is 12.8 Å². The van der Waals surface area contributed by atoms with Crippen LogP contribution in [-0.4, -0.2) is 52.5 Å². The number of hydrogen-bond donors (Lipinski definition) is 1. The molecule has 0 spiro atoms. The third kappa shape index (κ3) is 5.55. The molecular weight excluding hydrogens is 414 g/mol. The summed E-state index contributed by atoms with van der Waals surface area (Å²) in [7, 11) is 0. The molecule has 0 aromatic heterocycles. The zero-order valence-corrected chi connectivity index (χ0v) is 17.3. The molecular formula is C22H23ClF2N2O3. The molecule has 1 amide bonds. The van der Waals surface area contributed by atoms with Crippen LogP contribution < -0.4 is 0 Å². The predicted octanol–water partition coefficient (Wildman–Crippen LogP) is 3.52. The first kappa shape index (κ1) is 22.2. The van der Waals surface area contributed by atoms with E-state index in [1.54, 1.807) is 23.1 Å². The largest absolute Gasteiger partial charge is 0.481 e. The summed E-state index contributed by atoms with van der Waals surface area (Å²) in [6.07, 6.45) is -0.197. The van der Waals surface area contributed by atoms with Gasteiger partial charge >= 0.3 is 5.97 Å². The molecule has 0 aliphatic carbocycles. The summed E-state index contributed by atoms with van der Waals surface area (Å²) >= 11 is 6.09. The number of nitrogens with zero attached hydrogens (tertiary/aromatic N) is 2. The highest BCUT2D eigenvalue weighted by Gasteiger charge is 2.28. The minimum absolute atomic E-state index is 0.0796. The minimum atomic E-state index is -0.907. The highest BCUT2D eigenvalue weighted by Crippen LogP contribution is 2.21. The summed E-state index contributed by atoms with van der Waals surface area (Å²) in [6.45, 7) is 4.11. The van der Waals surface area contributed by atoms with E-state index in [2.05, 4.69) is 4.90 Å². The molecule has 0 saturated carbocycles. The van der Waals surface area contributed by atoms with Crippen LogP contribution in [-0.2, 0) is 29.0 Å². The Balaban J connectivity index is 1.63. The maximum atomic E-state index is 13.9. The van der Waals surface area contributed by atoms with Crippen LogP contribution in [0.5, 0.6) is 0 Å². The van der Waals surface area contributed by atoms with E-state index >= 15 is 0 Å². The number of aliphatic carboxylic acids is 1. The van der Waals surface area contributed by atoms with Crippen LogP contribution in [0.4, 0.5) is 8.78 Å². The van der Waals surface area contributed by atoms with Gasteiger partial charge in [-0.15, -0.1) is 0 Å². The van der Waals surface area contributed by atoms with Crippen molar-refractivity contribution in [2.24, 2.45) is 0 Å². The SMILES string of the molecule is C[C@H]1CN(Cc2cc(Cl)ccc2CC(=O)O)CCN1C(=O)Cc1ccc(F)cc1F. The highest BCUT2D eigenvalue weighted by molar-refractivity contribution is 6.30. The van der Waals surface area contributed by atoms with Gasteiger partial charge in [0.15, 0.2) is 0 Å². The molecule has 2 aromatic carbocycles. The van der Waals surface area contributed by atoms with Gasteiger partial charge in [0, 0.05) is 43.3 Å². The van der Waals surface area contributed by atoms with Crippen LogP contribution in [0.2, 0.25) is 5.02 Å². The van der Waals surface area contributed by atoms with E-state index < -0.39 is 17.6 Å². The van der Waals surface area contributed by atoms with Gasteiger partial charge in [-0.2, -0.15) is 0 Å². The number of carboxylic acid groups (broad SMARTS) is 1. The molecule has 1 aliphatic rings. The van der Waals surface area contributed by atoms with Crippen molar-refractivity contribution in [1.82, 2.24) is 9.80 Å². The molecule has 1 fully saturated rings. The van der Waals surface area contributed by atoms with Gasteiger partial charge in [-0.05, 0) is 41.8 Å². The first-order valence-electron chi connectivity index (χ1n) is 9.67. The zero-order valence-electron chi connectivity index (χ0n) is 16.6. The lowest BCUT2D eigenvalue weighted by molar-refractivity contribution is -0.136. The summed E-state index contributed by atoms with van der Waals surface area (Å²) in [5, 5.41) is 9.67. The molecule has 3 rings (SSSR count). The van der Waals surface area contributed by atoms with Crippen molar-refractivity contribution in [2.45, 2.75) is 32.4 Å². The third-order valence-electron chi connectivity index (χ3n) is 5.29. The van der Waals surface area contributed by atoms with Crippen molar-refractivity contribution in [1.29, 1.82) is 0 Å². The average Bonchev–Trinajstić information content (AvgIpc) is 2.66. The molecule has 1 heterocycles. The van der Waals surface area contributed by atoms with Crippen molar-refractivity contribution in [3.8, 4) is 0 Å². The monoisotopic (exact) mass is 436 g/mol. The molecule has 1 saturated heterocycles. The fourth-order valence-electron chi connectivity index (χ4n) is 3.79. The lowest BCUT2D eigenvalue weighted by Gasteiger charge is -2.40. The summed E-state index contributed by atoms with van der Waals surface area (Å²) in [5.41, 5.74) is 1.74. The number of carbonyl (C=O) groups is 2. The molecule has 1 atom stereocenters. The van der Waals surface area contributed by atoms with Gasteiger partial charge < -0.3 is 10.0 Å². The van der Waals surface area contributed by atoms with Gasteiger partial charge in [0.25, 0.3) is 0 Å². The molecule has 0 unspecified atom stereocenters. The van der Waals surface area contributed by atoms with Crippen molar-refractivity contribution in [2.75, 3.05) is 19.6 Å². The van der Waals surface area contributed by atoms with E-state index in [0.29, 0.717) is 36.8 Å². The van der Waals surface area contributed by atoms with E-state index in [9.17, 15) is 18.4 Å². The molecule has 0 radical (unpaired) electrons. The van der Waals surface area contributed by atoms with E-state index in [1.807, 2.05) is 6.92 Å². The fraction of sp³-hybridized carbons (Fsp3) is 0.364. The van der Waals surface area contributed by atoms with Crippen LogP contribution >= 0.6 is 11.6 Å². The smallest absolute Gasteiger partial charge is 0.307 e. The molecule has 8 heteroatoms. The Morgan fingerprint density at radius 3 is 2.47 bits per heavy atom. The second-order valence-electron chi connectivity index (χ2n) is 7.57. The molecule has 2 aromatic rings. The average molecular weight is 437 g/mol. The van der Waals surface area contributed by atoms with Crippen LogP contribution in [0.25, 0.3) is 0 Å². The van der Waals surface area contributed by atoms with Gasteiger partial charge in [0.2, 0.25) is 5.91 Å². The number of piperazine rings is 1. The Labute approximate surface area is 178 Å². The maximum Gasteiger partial charge on any atom is 0.307 e. The Bertz CT molecular complexity index is 954. The molecule has 0 bridgehead atoms. The van der Waals surface area contributed by atoms with Gasteiger partial charge in [-0.1, -0.05) is 23.7 Å². The first-order chi connectivity index (χ1) is 14.2. The molecule has 30 heavy (non-hydrogen) atoms. The van der Waals surface area contributed by atoms with E-state index in [-0.39, 0.29) is 30.4 Å². The minimum Gasteiger partial charge on any atom is -0.481 e. The number of halogens is 3. The first-order valence-corrected chi connectivity index (χ1v) is 10.1. The van der Waals surface area contributed by atoms with Crippen molar-refractivity contribution in [3.63, 3.8) is 0 Å². The topological polar surface area (TPSA) is 60.9 Å². The van der Waals surface area contributed by atoms with Gasteiger partial charge in [-0.3, -0.25) is 14.5 Å². The number of rotatable bonds is 6. The Morgan fingerprint density at radius 2 is 1.80 bits per heavy atom. The highest BCUT2D eigenvalue weighted by atomic mass is 35.5. The fourth-order valence-corrected chi connectivity index (χ4v) is 3.99. The Kier molecular flexibility index (Phi) is 7.05. The van der Waals surface area contributed by atoms with Gasteiger partial charge in [0.1, 0.15) is 11.6 Å². The van der Waals surface area contributed by atoms with Crippen LogP contribution in [0, 0.1) is 11.6 Å². The summed E-state index contributed by atoms with van der Waals surface area (Å²) in [6, 6.07) is 8.31. The predicted molar refractivity (Wildman–Crippen MR) is 109 cm³/mol. The van der Waals surface area contributed by atoms with Crippen LogP contribution in [0.3, 0.4) is 0 Å². The summed E-state index contributed by atoms with van der Waals surface area (Å²) in [4.78, 5) is 27.6. The molecule has 160 valence electrons. The number of hydrogen-bond acceptors (Lipinski definition) is 3. The zero-order chi connectivity index (χ0) is 21.8. The van der Waals surface area contributed by atoms with Crippen molar-refractivity contribution < 1.29 is 23.5 Å².